The van der Waals surface area contributed by atoms with Gasteiger partial charge in [-0.05, 0) is 0 Å². The van der Waals surface area contributed by atoms with Gasteiger partial charge in [-0.25, -0.2) is 5.26 Å². The number of rotatable bonds is 1. The van der Waals surface area contributed by atoms with E-state index in [9.17, 15) is 0 Å². The summed E-state index contributed by atoms with van der Waals surface area (Å²) in [6.07, 6.45) is 0. The second-order valence-corrected chi connectivity index (χ2v) is 2.85. The Bertz CT molecular complexity index is 65.1. The molecule has 0 bridgehead atoms. The predicted molar refractivity (Wildman–Crippen MR) is 32.6 cm³/mol. The van der Waals surface area contributed by atoms with Crippen molar-refractivity contribution in [1.29, 1.82) is 0 Å². The highest BCUT2D eigenvalue weighted by atomic mass is 32.2. The van der Waals surface area contributed by atoms with Gasteiger partial charge >= 0.3 is 0 Å². The van der Waals surface area contributed by atoms with Crippen LogP contribution in [0.3, 0.4) is 0 Å². The minimum atomic E-state index is 0.834. The first kappa shape index (κ1) is 6.35. The summed E-state index contributed by atoms with van der Waals surface area (Å²) in [5.41, 5.74) is 0. The maximum Gasteiger partial charge on any atom is 0.0361 e. The monoisotopic (exact) mass is 135 g/mol. The molecule has 1 rings (SSSR count). The maximum absolute atomic E-state index is 8.11. The molecule has 0 amide bonds. The van der Waals surface area contributed by atoms with Gasteiger partial charge in [0.1, 0.15) is 0 Å². The van der Waals surface area contributed by atoms with Gasteiger partial charge in [-0.2, -0.15) is 16.8 Å². The van der Waals surface area contributed by atoms with Crippen LogP contribution in [0.4, 0.5) is 0 Å². The molecule has 1 heterocycles. The lowest BCUT2D eigenvalue weighted by Crippen LogP contribution is -2.31. The fraction of sp³-hybridized carbons (Fsp3) is 1.00. The summed E-state index contributed by atoms with van der Waals surface area (Å²) >= 11 is 1.88. The summed E-state index contributed by atoms with van der Waals surface area (Å²) < 4.78 is 0. The Morgan fingerprint density at radius 1 is 1.38 bits per heavy atom. The van der Waals surface area contributed by atoms with Gasteiger partial charge in [0.2, 0.25) is 0 Å². The van der Waals surface area contributed by atoms with Crippen molar-refractivity contribution in [2.75, 3.05) is 24.6 Å². The highest BCUT2D eigenvalue weighted by Gasteiger charge is 2.08. The predicted octanol–water partition coefficient (Wildman–Crippen LogP) is 0.440. The van der Waals surface area contributed by atoms with E-state index in [2.05, 4.69) is 4.99 Å². The Kier molecular flexibility index (Phi) is 2.62. The normalized spacial score (nSPS) is 23.6. The third kappa shape index (κ3) is 1.63. The van der Waals surface area contributed by atoms with Crippen molar-refractivity contribution in [3.05, 3.63) is 0 Å². The topological polar surface area (TPSA) is 32.7 Å². The number of hydroxylamine groups is 2. The standard InChI is InChI=1S/C4H9NO2S/c6-7-5-1-3-8-4-2-5/h6H,1-4H2. The van der Waals surface area contributed by atoms with Crippen molar-refractivity contribution in [2.45, 2.75) is 0 Å². The van der Waals surface area contributed by atoms with Crippen LogP contribution in [-0.2, 0) is 4.99 Å². The first-order chi connectivity index (χ1) is 3.93. The fourth-order valence-electron chi connectivity index (χ4n) is 0.628. The van der Waals surface area contributed by atoms with E-state index in [0.717, 1.165) is 24.6 Å². The van der Waals surface area contributed by atoms with Crippen LogP contribution in [0.25, 0.3) is 0 Å². The molecule has 0 aromatic carbocycles. The first-order valence-corrected chi connectivity index (χ1v) is 3.73. The molecule has 0 unspecified atom stereocenters. The lowest BCUT2D eigenvalue weighted by atomic mass is 10.6. The molecule has 0 saturated carbocycles. The molecule has 0 atom stereocenters. The van der Waals surface area contributed by atoms with Crippen LogP contribution in [0.5, 0.6) is 0 Å². The van der Waals surface area contributed by atoms with Crippen molar-refractivity contribution in [3.63, 3.8) is 0 Å². The number of thioether (sulfide) groups is 1. The molecule has 8 heavy (non-hydrogen) atoms. The summed E-state index contributed by atoms with van der Waals surface area (Å²) in [7, 11) is 0. The maximum atomic E-state index is 8.11. The third-order valence-electron chi connectivity index (χ3n) is 1.09. The van der Waals surface area contributed by atoms with Gasteiger partial charge in [0.05, 0.1) is 0 Å². The van der Waals surface area contributed by atoms with Gasteiger partial charge in [-0.1, -0.05) is 0 Å². The van der Waals surface area contributed by atoms with Gasteiger partial charge < -0.3 is 0 Å². The molecule has 1 aliphatic heterocycles. The van der Waals surface area contributed by atoms with Crippen molar-refractivity contribution >= 4 is 11.8 Å². The zero-order valence-corrected chi connectivity index (χ0v) is 5.36. The van der Waals surface area contributed by atoms with E-state index in [4.69, 9.17) is 5.26 Å². The highest BCUT2D eigenvalue weighted by Crippen LogP contribution is 2.07. The van der Waals surface area contributed by atoms with E-state index < -0.39 is 0 Å². The third-order valence-corrected chi connectivity index (χ3v) is 2.03. The van der Waals surface area contributed by atoms with Gasteiger partial charge in [0.25, 0.3) is 0 Å². The molecule has 4 heteroatoms. The Labute approximate surface area is 52.5 Å². The van der Waals surface area contributed by atoms with E-state index in [0.29, 0.717) is 0 Å². The summed E-state index contributed by atoms with van der Waals surface area (Å²) in [5, 5.41) is 9.66. The number of nitrogens with zero attached hydrogens (tertiary/aromatic N) is 1. The molecule has 3 nitrogen and oxygen atoms in total. The van der Waals surface area contributed by atoms with Crippen LogP contribution in [0.2, 0.25) is 0 Å². The second kappa shape index (κ2) is 3.29. The molecule has 48 valence electrons. The van der Waals surface area contributed by atoms with Crippen molar-refractivity contribution in [2.24, 2.45) is 0 Å². The number of hydrogen-bond acceptors (Lipinski definition) is 4. The minimum absolute atomic E-state index is 0.834. The van der Waals surface area contributed by atoms with E-state index in [1.807, 2.05) is 11.8 Å². The van der Waals surface area contributed by atoms with E-state index in [1.165, 1.54) is 0 Å². The Balaban J connectivity index is 2.13. The smallest absolute Gasteiger partial charge is 0.0361 e. The highest BCUT2D eigenvalue weighted by molar-refractivity contribution is 7.99. The summed E-state index contributed by atoms with van der Waals surface area (Å²) in [5.74, 6) is 2.11. The molecule has 1 saturated heterocycles. The largest absolute Gasteiger partial charge is 0.233 e. The average Bonchev–Trinajstić information content (AvgIpc) is 1.90. The molecule has 0 aliphatic carbocycles. The fourth-order valence-corrected chi connectivity index (χ4v) is 1.50. The molecule has 1 fully saturated rings. The second-order valence-electron chi connectivity index (χ2n) is 1.62. The van der Waals surface area contributed by atoms with Crippen LogP contribution in [0.15, 0.2) is 0 Å². The molecule has 0 aromatic rings. The minimum Gasteiger partial charge on any atom is -0.233 e. The SMILES string of the molecule is OON1CCSCC1. The zero-order chi connectivity index (χ0) is 5.82. The molecule has 0 aromatic heterocycles. The zero-order valence-electron chi connectivity index (χ0n) is 4.54. The van der Waals surface area contributed by atoms with Crippen molar-refractivity contribution in [3.8, 4) is 0 Å². The molecular weight excluding hydrogens is 126 g/mol. The molecule has 1 aliphatic rings. The summed E-state index contributed by atoms with van der Waals surface area (Å²) in [6.45, 7) is 1.67. The van der Waals surface area contributed by atoms with Crippen molar-refractivity contribution < 1.29 is 10.2 Å². The van der Waals surface area contributed by atoms with Gasteiger partial charge in [0, 0.05) is 24.6 Å². The molecule has 1 N–H and O–H groups in total. The van der Waals surface area contributed by atoms with Gasteiger partial charge in [-0.15, -0.1) is 4.99 Å². The van der Waals surface area contributed by atoms with Gasteiger partial charge in [0.15, 0.2) is 0 Å². The number of hydrogen-bond donors (Lipinski definition) is 1. The van der Waals surface area contributed by atoms with Crippen LogP contribution >= 0.6 is 11.8 Å². The Morgan fingerprint density at radius 2 is 2.00 bits per heavy atom. The van der Waals surface area contributed by atoms with Crippen LogP contribution in [0, 0.1) is 0 Å². The van der Waals surface area contributed by atoms with E-state index in [1.54, 1.807) is 5.06 Å². The quantitative estimate of drug-likeness (QED) is 0.418. The Hall–Kier alpha value is 0.230. The van der Waals surface area contributed by atoms with E-state index in [-0.39, 0.29) is 0 Å². The summed E-state index contributed by atoms with van der Waals surface area (Å²) in [4.78, 5) is 4.01. The summed E-state index contributed by atoms with van der Waals surface area (Å²) in [6, 6.07) is 0. The molecule has 0 radical (unpaired) electrons. The van der Waals surface area contributed by atoms with Crippen LogP contribution < -0.4 is 0 Å². The van der Waals surface area contributed by atoms with E-state index >= 15 is 0 Å². The first-order valence-electron chi connectivity index (χ1n) is 2.57. The molecule has 0 spiro atoms. The van der Waals surface area contributed by atoms with Crippen LogP contribution in [0.1, 0.15) is 0 Å². The lowest BCUT2D eigenvalue weighted by molar-refractivity contribution is -0.394. The lowest BCUT2D eigenvalue weighted by Gasteiger charge is -2.20. The van der Waals surface area contributed by atoms with Gasteiger partial charge in [-0.3, -0.25) is 0 Å². The average molecular weight is 135 g/mol. The van der Waals surface area contributed by atoms with Crippen LogP contribution in [-0.4, -0.2) is 34.9 Å². The Morgan fingerprint density at radius 3 is 2.38 bits per heavy atom. The van der Waals surface area contributed by atoms with Crippen molar-refractivity contribution in [1.82, 2.24) is 5.06 Å². The molecular formula is C4H9NO2S.